The summed E-state index contributed by atoms with van der Waals surface area (Å²) in [6.07, 6.45) is 23.7. The number of rotatable bonds is 18. The average molecular weight is 405 g/mol. The van der Waals surface area contributed by atoms with Gasteiger partial charge in [0.2, 0.25) is 0 Å². The van der Waals surface area contributed by atoms with E-state index in [1.165, 1.54) is 82.6 Å². The number of unbranched alkanes of at least 4 members (excludes halogenated alkanes) is 10. The van der Waals surface area contributed by atoms with Crippen LogP contribution in [0.25, 0.3) is 6.08 Å². The fourth-order valence-corrected chi connectivity index (χ4v) is 6.86. The molecule has 0 radical (unpaired) electrons. The van der Waals surface area contributed by atoms with Crippen LogP contribution in [0.1, 0.15) is 103 Å². The monoisotopic (exact) mass is 404 g/mol. The molecule has 2 heteroatoms. The van der Waals surface area contributed by atoms with E-state index in [0.717, 1.165) is 24.9 Å². The number of hydrogen-bond donors (Lipinski definition) is 0. The molecule has 0 heterocycles. The molecule has 0 aliphatic heterocycles. The van der Waals surface area contributed by atoms with Crippen molar-refractivity contribution in [1.29, 1.82) is 0 Å². The van der Waals surface area contributed by atoms with Gasteiger partial charge in [-0.25, -0.2) is 0 Å². The van der Waals surface area contributed by atoms with E-state index in [0.29, 0.717) is 0 Å². The van der Waals surface area contributed by atoms with Gasteiger partial charge in [0, 0.05) is 18.5 Å². The molecule has 0 aromatic heterocycles. The van der Waals surface area contributed by atoms with Crippen LogP contribution in [0.4, 0.5) is 0 Å². The second kappa shape index (κ2) is 17.1. The summed E-state index contributed by atoms with van der Waals surface area (Å²) < 4.78 is 13.4. The number of hydrogen-bond acceptors (Lipinski definition) is 1. The Morgan fingerprint density at radius 2 is 1.18 bits per heavy atom. The molecule has 0 unspecified atom stereocenters. The van der Waals surface area contributed by atoms with Crippen LogP contribution in [0.2, 0.25) is 0 Å². The van der Waals surface area contributed by atoms with E-state index in [9.17, 15) is 4.57 Å². The van der Waals surface area contributed by atoms with Crippen molar-refractivity contribution in [2.24, 2.45) is 0 Å². The van der Waals surface area contributed by atoms with Crippen molar-refractivity contribution in [3.8, 4) is 0 Å². The summed E-state index contributed by atoms with van der Waals surface area (Å²) in [5.74, 6) is 0. The zero-order chi connectivity index (χ0) is 20.3. The molecule has 0 atom stereocenters. The minimum atomic E-state index is -1.92. The van der Waals surface area contributed by atoms with Crippen LogP contribution in [-0.2, 0) is 4.57 Å². The maximum Gasteiger partial charge on any atom is 0.0877 e. The SMILES string of the molecule is CCCCCCP(=O)(CCCCCC)CCCCCCC=Cc1ccccc1. The zero-order valence-electron chi connectivity index (χ0n) is 18.7. The molecule has 28 heavy (non-hydrogen) atoms. The molecule has 0 fully saturated rings. The number of allylic oxidation sites excluding steroid dienone is 1. The number of benzene rings is 1. The molecule has 1 nitrogen and oxygen atoms in total. The molecule has 0 spiro atoms. The lowest BCUT2D eigenvalue weighted by Gasteiger charge is -2.18. The van der Waals surface area contributed by atoms with Crippen molar-refractivity contribution in [1.82, 2.24) is 0 Å². The molecule has 0 bridgehead atoms. The molecular weight excluding hydrogens is 359 g/mol. The van der Waals surface area contributed by atoms with Crippen molar-refractivity contribution >= 4 is 13.2 Å². The molecule has 0 N–H and O–H groups in total. The van der Waals surface area contributed by atoms with Gasteiger partial charge < -0.3 is 4.57 Å². The van der Waals surface area contributed by atoms with E-state index >= 15 is 0 Å². The molecule has 0 aliphatic rings. The molecule has 160 valence electrons. The Hall–Kier alpha value is -0.810. The smallest absolute Gasteiger partial charge is 0.0877 e. The Morgan fingerprint density at radius 3 is 1.71 bits per heavy atom. The Balaban J connectivity index is 2.20. The highest BCUT2D eigenvalue weighted by molar-refractivity contribution is 7.63. The van der Waals surface area contributed by atoms with Gasteiger partial charge in [-0.15, -0.1) is 0 Å². The van der Waals surface area contributed by atoms with Gasteiger partial charge in [-0.2, -0.15) is 0 Å². The molecule has 0 saturated heterocycles. The Labute approximate surface area is 175 Å². The molecule has 1 rings (SSSR count). The Morgan fingerprint density at radius 1 is 0.679 bits per heavy atom. The van der Waals surface area contributed by atoms with E-state index in [4.69, 9.17) is 0 Å². The molecule has 0 amide bonds. The summed E-state index contributed by atoms with van der Waals surface area (Å²) in [4.78, 5) is 0. The lowest BCUT2D eigenvalue weighted by Crippen LogP contribution is -2.02. The quantitative estimate of drug-likeness (QED) is 0.176. The summed E-state index contributed by atoms with van der Waals surface area (Å²) in [7, 11) is -1.92. The van der Waals surface area contributed by atoms with Crippen molar-refractivity contribution in [3.05, 3.63) is 42.0 Å². The average Bonchev–Trinajstić information content (AvgIpc) is 2.72. The first kappa shape index (κ1) is 25.2. The summed E-state index contributed by atoms with van der Waals surface area (Å²) in [6, 6.07) is 10.5. The Bertz CT molecular complexity index is 519. The van der Waals surface area contributed by atoms with Gasteiger partial charge in [0.15, 0.2) is 0 Å². The molecule has 0 saturated carbocycles. The molecule has 0 aliphatic carbocycles. The van der Waals surface area contributed by atoms with Crippen molar-refractivity contribution in [2.75, 3.05) is 18.5 Å². The maximum atomic E-state index is 13.4. The first-order valence-corrected chi connectivity index (χ1v) is 14.2. The maximum absolute atomic E-state index is 13.4. The van der Waals surface area contributed by atoms with E-state index in [1.54, 1.807) is 0 Å². The van der Waals surface area contributed by atoms with Crippen LogP contribution >= 0.6 is 7.14 Å². The first-order valence-electron chi connectivity index (χ1n) is 12.0. The molecule has 1 aromatic carbocycles. The fourth-order valence-electron chi connectivity index (χ4n) is 3.79. The highest BCUT2D eigenvalue weighted by Gasteiger charge is 2.20. The minimum Gasteiger partial charge on any atom is -0.324 e. The lowest BCUT2D eigenvalue weighted by molar-refractivity contribution is 0.560. The van der Waals surface area contributed by atoms with Gasteiger partial charge in [-0.1, -0.05) is 108 Å². The second-order valence-electron chi connectivity index (χ2n) is 8.37. The van der Waals surface area contributed by atoms with Crippen molar-refractivity contribution < 1.29 is 4.57 Å². The molecular formula is C26H45OP. The highest BCUT2D eigenvalue weighted by Crippen LogP contribution is 2.48. The summed E-state index contributed by atoms with van der Waals surface area (Å²) in [5, 5.41) is 0. The minimum absolute atomic E-state index is 1.01. The molecule has 1 aromatic rings. The largest absolute Gasteiger partial charge is 0.324 e. The normalized spacial score (nSPS) is 12.1. The van der Waals surface area contributed by atoms with Crippen LogP contribution in [-0.4, -0.2) is 18.5 Å². The van der Waals surface area contributed by atoms with Gasteiger partial charge in [-0.05, 0) is 37.7 Å². The van der Waals surface area contributed by atoms with Crippen molar-refractivity contribution in [2.45, 2.75) is 97.3 Å². The van der Waals surface area contributed by atoms with E-state index < -0.39 is 7.14 Å². The lowest BCUT2D eigenvalue weighted by atomic mass is 10.1. The van der Waals surface area contributed by atoms with Crippen LogP contribution < -0.4 is 0 Å². The van der Waals surface area contributed by atoms with Crippen molar-refractivity contribution in [3.63, 3.8) is 0 Å². The van der Waals surface area contributed by atoms with Gasteiger partial charge in [-0.3, -0.25) is 0 Å². The van der Waals surface area contributed by atoms with E-state index in [1.807, 2.05) is 0 Å². The standard InChI is InChI=1S/C26H45OP/c1-3-5-7-17-23-28(27,24-18-8-6-4-2)25-19-12-10-9-11-14-20-26-21-15-13-16-22-26/h13-16,20-22H,3-12,17-19,23-25H2,1-2H3. The van der Waals surface area contributed by atoms with Gasteiger partial charge in [0.1, 0.15) is 0 Å². The first-order chi connectivity index (χ1) is 13.7. The highest BCUT2D eigenvalue weighted by atomic mass is 31.2. The third-order valence-electron chi connectivity index (χ3n) is 5.63. The predicted octanol–water partition coefficient (Wildman–Crippen LogP) is 9.17. The second-order valence-corrected chi connectivity index (χ2v) is 11.8. The third-order valence-corrected chi connectivity index (χ3v) is 9.03. The predicted molar refractivity (Wildman–Crippen MR) is 129 cm³/mol. The van der Waals surface area contributed by atoms with Gasteiger partial charge in [0.05, 0.1) is 7.14 Å². The third kappa shape index (κ3) is 13.4. The summed E-state index contributed by atoms with van der Waals surface area (Å²) >= 11 is 0. The van der Waals surface area contributed by atoms with Crippen LogP contribution in [0.3, 0.4) is 0 Å². The van der Waals surface area contributed by atoms with Gasteiger partial charge in [0.25, 0.3) is 0 Å². The van der Waals surface area contributed by atoms with Crippen LogP contribution in [0.15, 0.2) is 36.4 Å². The topological polar surface area (TPSA) is 17.1 Å². The van der Waals surface area contributed by atoms with E-state index in [-0.39, 0.29) is 0 Å². The fraction of sp³-hybridized carbons (Fsp3) is 0.692. The summed E-state index contributed by atoms with van der Waals surface area (Å²) in [5.41, 5.74) is 1.29. The van der Waals surface area contributed by atoms with E-state index in [2.05, 4.69) is 56.3 Å². The Kier molecular flexibility index (Phi) is 15.4. The zero-order valence-corrected chi connectivity index (χ0v) is 19.6. The summed E-state index contributed by atoms with van der Waals surface area (Å²) in [6.45, 7) is 4.50. The van der Waals surface area contributed by atoms with Gasteiger partial charge >= 0.3 is 0 Å². The van der Waals surface area contributed by atoms with Crippen LogP contribution in [0.5, 0.6) is 0 Å². The van der Waals surface area contributed by atoms with Crippen LogP contribution in [0, 0.1) is 0 Å².